The number of hydrogen-bond acceptors (Lipinski definition) is 4. The molecule has 0 aliphatic carbocycles. The summed E-state index contributed by atoms with van der Waals surface area (Å²) in [7, 11) is 0. The molecule has 0 unspecified atom stereocenters. The smallest absolute Gasteiger partial charge is 0.122 e. The van der Waals surface area contributed by atoms with E-state index in [4.69, 9.17) is 9.47 Å². The Hall–Kier alpha value is -1.10. The van der Waals surface area contributed by atoms with Gasteiger partial charge in [0.05, 0.1) is 13.2 Å². The van der Waals surface area contributed by atoms with Crippen LogP contribution in [0.25, 0.3) is 0 Å². The van der Waals surface area contributed by atoms with Gasteiger partial charge in [-0.3, -0.25) is 9.80 Å². The van der Waals surface area contributed by atoms with Crippen LogP contribution in [0.1, 0.15) is 31.2 Å². The zero-order valence-corrected chi connectivity index (χ0v) is 14.9. The van der Waals surface area contributed by atoms with Crippen LogP contribution in [-0.4, -0.2) is 68.9 Å². The molecule has 134 valence electrons. The normalized spacial score (nSPS) is 20.2. The molecule has 0 amide bonds. The van der Waals surface area contributed by atoms with Crippen molar-refractivity contribution in [3.8, 4) is 5.75 Å². The molecule has 0 spiro atoms. The van der Waals surface area contributed by atoms with Crippen molar-refractivity contribution in [2.24, 2.45) is 0 Å². The molecule has 2 aliphatic heterocycles. The van der Waals surface area contributed by atoms with Crippen LogP contribution in [0.3, 0.4) is 0 Å². The van der Waals surface area contributed by atoms with Gasteiger partial charge < -0.3 is 9.47 Å². The van der Waals surface area contributed by atoms with E-state index < -0.39 is 0 Å². The summed E-state index contributed by atoms with van der Waals surface area (Å²) in [5, 5.41) is 0. The summed E-state index contributed by atoms with van der Waals surface area (Å²) in [4.78, 5) is 5.04. The fourth-order valence-electron chi connectivity index (χ4n) is 3.64. The van der Waals surface area contributed by atoms with E-state index in [1.807, 2.05) is 0 Å². The minimum atomic E-state index is 0.806. The van der Waals surface area contributed by atoms with Crippen molar-refractivity contribution in [1.82, 2.24) is 9.80 Å². The largest absolute Gasteiger partial charge is 0.492 e. The van der Waals surface area contributed by atoms with E-state index in [0.717, 1.165) is 58.2 Å². The van der Waals surface area contributed by atoms with Gasteiger partial charge in [-0.05, 0) is 56.9 Å². The molecule has 2 aliphatic rings. The van der Waals surface area contributed by atoms with Gasteiger partial charge in [-0.25, -0.2) is 0 Å². The van der Waals surface area contributed by atoms with Crippen LogP contribution in [0.2, 0.25) is 0 Å². The molecular formula is C20H32N2O2. The zero-order chi connectivity index (χ0) is 16.5. The van der Waals surface area contributed by atoms with Crippen molar-refractivity contribution in [2.45, 2.75) is 32.1 Å². The van der Waals surface area contributed by atoms with Gasteiger partial charge in [0.2, 0.25) is 0 Å². The van der Waals surface area contributed by atoms with Gasteiger partial charge in [0.15, 0.2) is 0 Å². The second kappa shape index (κ2) is 10.0. The molecule has 2 heterocycles. The Morgan fingerprint density at radius 2 is 1.62 bits per heavy atom. The van der Waals surface area contributed by atoms with Crippen molar-refractivity contribution in [3.05, 3.63) is 29.8 Å². The van der Waals surface area contributed by atoms with E-state index in [9.17, 15) is 0 Å². The number of rotatable bonds is 8. The van der Waals surface area contributed by atoms with Crippen molar-refractivity contribution in [2.75, 3.05) is 59.1 Å². The van der Waals surface area contributed by atoms with Gasteiger partial charge in [-0.15, -0.1) is 0 Å². The summed E-state index contributed by atoms with van der Waals surface area (Å²) in [6.45, 7) is 9.43. The highest BCUT2D eigenvalue weighted by atomic mass is 16.5. The van der Waals surface area contributed by atoms with Crippen LogP contribution >= 0.6 is 0 Å². The van der Waals surface area contributed by atoms with Crippen molar-refractivity contribution >= 4 is 0 Å². The maximum absolute atomic E-state index is 6.11. The number of ether oxygens (including phenoxy) is 2. The van der Waals surface area contributed by atoms with Crippen molar-refractivity contribution < 1.29 is 9.47 Å². The fourth-order valence-corrected chi connectivity index (χ4v) is 3.64. The number of morpholine rings is 1. The number of para-hydroxylation sites is 1. The van der Waals surface area contributed by atoms with Crippen LogP contribution in [0.4, 0.5) is 0 Å². The molecule has 4 nitrogen and oxygen atoms in total. The van der Waals surface area contributed by atoms with E-state index in [1.54, 1.807) is 0 Å². The maximum atomic E-state index is 6.11. The Balaban J connectivity index is 1.40. The molecule has 2 fully saturated rings. The third kappa shape index (κ3) is 5.76. The van der Waals surface area contributed by atoms with Crippen molar-refractivity contribution in [1.29, 1.82) is 0 Å². The Bertz CT molecular complexity index is 425. The molecule has 3 rings (SSSR count). The molecule has 0 saturated carbocycles. The SMILES string of the molecule is c1ccc(OCCN2CCCCC2)c(CCCN2CCOCC2)c1. The van der Waals surface area contributed by atoms with Gasteiger partial charge in [0, 0.05) is 19.6 Å². The number of likely N-dealkylation sites (tertiary alicyclic amines) is 1. The molecule has 24 heavy (non-hydrogen) atoms. The maximum Gasteiger partial charge on any atom is 0.122 e. The Morgan fingerprint density at radius 1 is 0.875 bits per heavy atom. The van der Waals surface area contributed by atoms with E-state index in [-0.39, 0.29) is 0 Å². The molecule has 0 aromatic heterocycles. The molecule has 0 atom stereocenters. The number of nitrogens with zero attached hydrogens (tertiary/aromatic N) is 2. The quantitative estimate of drug-likeness (QED) is 0.731. The Morgan fingerprint density at radius 3 is 2.46 bits per heavy atom. The lowest BCUT2D eigenvalue weighted by Gasteiger charge is -2.27. The first-order valence-corrected chi connectivity index (χ1v) is 9.65. The lowest BCUT2D eigenvalue weighted by Crippen LogP contribution is -2.36. The summed E-state index contributed by atoms with van der Waals surface area (Å²) in [5.74, 6) is 1.08. The van der Waals surface area contributed by atoms with Crippen molar-refractivity contribution in [3.63, 3.8) is 0 Å². The van der Waals surface area contributed by atoms with Crippen LogP contribution in [0, 0.1) is 0 Å². The highest BCUT2D eigenvalue weighted by molar-refractivity contribution is 5.33. The molecule has 2 saturated heterocycles. The Labute approximate surface area is 146 Å². The second-order valence-corrected chi connectivity index (χ2v) is 6.92. The molecule has 4 heteroatoms. The summed E-state index contributed by atoms with van der Waals surface area (Å²) >= 11 is 0. The zero-order valence-electron chi connectivity index (χ0n) is 14.9. The summed E-state index contributed by atoms with van der Waals surface area (Å²) in [6, 6.07) is 8.55. The van der Waals surface area contributed by atoms with Crippen LogP contribution < -0.4 is 4.74 Å². The van der Waals surface area contributed by atoms with Gasteiger partial charge in [-0.1, -0.05) is 24.6 Å². The standard InChI is InChI=1S/C20H32N2O2/c1-4-10-21(11-5-1)15-18-24-20-9-3-2-7-19(20)8-6-12-22-13-16-23-17-14-22/h2-3,7,9H,1,4-6,8,10-18H2. The monoisotopic (exact) mass is 332 g/mol. The molecule has 0 bridgehead atoms. The van der Waals surface area contributed by atoms with E-state index >= 15 is 0 Å². The second-order valence-electron chi connectivity index (χ2n) is 6.92. The molecule has 1 aromatic rings. The molecule has 1 aromatic carbocycles. The number of benzene rings is 1. The van der Waals surface area contributed by atoms with E-state index in [2.05, 4.69) is 34.1 Å². The molecule has 0 N–H and O–H groups in total. The van der Waals surface area contributed by atoms with Crippen LogP contribution in [-0.2, 0) is 11.2 Å². The third-order valence-electron chi connectivity index (χ3n) is 5.11. The summed E-state index contributed by atoms with van der Waals surface area (Å²) < 4.78 is 11.5. The van der Waals surface area contributed by atoms with Gasteiger partial charge in [0.1, 0.15) is 12.4 Å². The average Bonchev–Trinajstić information content (AvgIpc) is 2.65. The molecular weight excluding hydrogens is 300 g/mol. The molecule has 0 radical (unpaired) electrons. The topological polar surface area (TPSA) is 24.9 Å². The third-order valence-corrected chi connectivity index (χ3v) is 5.11. The summed E-state index contributed by atoms with van der Waals surface area (Å²) in [5.41, 5.74) is 1.35. The minimum Gasteiger partial charge on any atom is -0.492 e. The first-order valence-electron chi connectivity index (χ1n) is 9.65. The Kier molecular flexibility index (Phi) is 7.39. The van der Waals surface area contributed by atoms with Gasteiger partial charge >= 0.3 is 0 Å². The highest BCUT2D eigenvalue weighted by Gasteiger charge is 2.12. The van der Waals surface area contributed by atoms with Gasteiger partial charge in [-0.2, -0.15) is 0 Å². The fraction of sp³-hybridized carbons (Fsp3) is 0.700. The minimum absolute atomic E-state index is 0.806. The first-order chi connectivity index (χ1) is 11.9. The first kappa shape index (κ1) is 17.7. The number of piperidine rings is 1. The van der Waals surface area contributed by atoms with E-state index in [0.29, 0.717) is 0 Å². The summed E-state index contributed by atoms with van der Waals surface area (Å²) in [6.07, 6.45) is 6.36. The predicted octanol–water partition coefficient (Wildman–Crippen LogP) is 2.82. The van der Waals surface area contributed by atoms with Crippen LogP contribution in [0.15, 0.2) is 24.3 Å². The predicted molar refractivity (Wildman–Crippen MR) is 97.8 cm³/mol. The lowest BCUT2D eigenvalue weighted by molar-refractivity contribution is 0.0374. The highest BCUT2D eigenvalue weighted by Crippen LogP contribution is 2.20. The number of hydrogen-bond donors (Lipinski definition) is 0. The van der Waals surface area contributed by atoms with E-state index in [1.165, 1.54) is 44.3 Å². The average molecular weight is 332 g/mol. The number of aryl methyl sites for hydroxylation is 1. The lowest BCUT2D eigenvalue weighted by atomic mass is 10.1. The van der Waals surface area contributed by atoms with Gasteiger partial charge in [0.25, 0.3) is 0 Å². The van der Waals surface area contributed by atoms with Crippen LogP contribution in [0.5, 0.6) is 5.75 Å².